The van der Waals surface area contributed by atoms with Crippen LogP contribution in [0, 0.1) is 0 Å². The van der Waals surface area contributed by atoms with Gasteiger partial charge in [0.2, 0.25) is 0 Å². The number of carbonyl (C=O) groups is 2. The van der Waals surface area contributed by atoms with Gasteiger partial charge in [0.25, 0.3) is 11.7 Å². The van der Waals surface area contributed by atoms with Crippen LogP contribution in [0.5, 0.6) is 11.5 Å². The summed E-state index contributed by atoms with van der Waals surface area (Å²) in [5.74, 6) is -0.697. The highest BCUT2D eigenvalue weighted by Crippen LogP contribution is 2.40. The molecule has 7 heteroatoms. The Morgan fingerprint density at radius 3 is 2.55 bits per heavy atom. The first-order valence-corrected chi connectivity index (χ1v) is 10.3. The number of phenols is 1. The van der Waals surface area contributed by atoms with Crippen LogP contribution in [-0.2, 0) is 16.0 Å². The molecule has 2 aliphatic heterocycles. The fraction of sp³-hybridized carbons (Fsp3) is 0.333. The highest BCUT2D eigenvalue weighted by atomic mass is 16.5. The normalized spacial score (nSPS) is 22.1. The van der Waals surface area contributed by atoms with Gasteiger partial charge in [-0.05, 0) is 62.5 Å². The van der Waals surface area contributed by atoms with Crippen molar-refractivity contribution in [1.82, 2.24) is 9.80 Å². The molecule has 0 aliphatic carbocycles. The maximum absolute atomic E-state index is 13.0. The average Bonchev–Trinajstić information content (AvgIpc) is 3.22. The summed E-state index contributed by atoms with van der Waals surface area (Å²) < 4.78 is 5.72. The van der Waals surface area contributed by atoms with Crippen molar-refractivity contribution in [2.45, 2.75) is 25.5 Å². The number of phenolic OH excluding ortho intramolecular Hbond substituents is 1. The maximum atomic E-state index is 13.0. The minimum atomic E-state index is -0.732. The van der Waals surface area contributed by atoms with Crippen molar-refractivity contribution in [3.05, 3.63) is 64.7 Å². The summed E-state index contributed by atoms with van der Waals surface area (Å²) in [6.45, 7) is 2.87. The van der Waals surface area contributed by atoms with Crippen molar-refractivity contribution in [3.63, 3.8) is 0 Å². The fourth-order valence-corrected chi connectivity index (χ4v) is 4.15. The van der Waals surface area contributed by atoms with E-state index in [1.165, 1.54) is 17.0 Å². The molecule has 1 amide bonds. The van der Waals surface area contributed by atoms with Crippen molar-refractivity contribution in [2.75, 3.05) is 27.2 Å². The molecule has 2 aliphatic rings. The quantitative estimate of drug-likeness (QED) is 0.438. The molecule has 1 saturated heterocycles. The van der Waals surface area contributed by atoms with Crippen LogP contribution in [0.2, 0.25) is 0 Å². The Morgan fingerprint density at radius 2 is 1.87 bits per heavy atom. The van der Waals surface area contributed by atoms with Gasteiger partial charge in [-0.2, -0.15) is 0 Å². The lowest BCUT2D eigenvalue weighted by atomic mass is 9.94. The van der Waals surface area contributed by atoms with E-state index >= 15 is 0 Å². The van der Waals surface area contributed by atoms with Gasteiger partial charge in [-0.3, -0.25) is 9.59 Å². The van der Waals surface area contributed by atoms with Crippen molar-refractivity contribution in [2.24, 2.45) is 0 Å². The average molecular weight is 422 g/mol. The molecule has 2 aromatic rings. The predicted octanol–water partition coefficient (Wildman–Crippen LogP) is 2.70. The minimum absolute atomic E-state index is 0.0565. The number of likely N-dealkylation sites (N-methyl/N-ethyl adjacent to an activating group) is 1. The number of fused-ring (bicyclic) bond motifs is 1. The third-order valence-electron chi connectivity index (χ3n) is 5.71. The SMILES string of the molecule is CC1Cc2cc(/C(O)=C3\C(=O)C(=O)N(CCN(C)C)C3c3ccc(O)cc3)ccc2O1. The van der Waals surface area contributed by atoms with E-state index in [4.69, 9.17) is 4.74 Å². The van der Waals surface area contributed by atoms with Gasteiger partial charge in [-0.15, -0.1) is 0 Å². The monoisotopic (exact) mass is 422 g/mol. The summed E-state index contributed by atoms with van der Waals surface area (Å²) in [6.07, 6.45) is 0.774. The van der Waals surface area contributed by atoms with Crippen LogP contribution in [0.25, 0.3) is 5.76 Å². The zero-order chi connectivity index (χ0) is 22.3. The van der Waals surface area contributed by atoms with Gasteiger partial charge in [0.1, 0.15) is 23.4 Å². The summed E-state index contributed by atoms with van der Waals surface area (Å²) in [6, 6.07) is 10.9. The summed E-state index contributed by atoms with van der Waals surface area (Å²) in [5.41, 5.74) is 2.14. The van der Waals surface area contributed by atoms with E-state index in [-0.39, 0.29) is 23.2 Å². The molecule has 1 fully saturated rings. The summed E-state index contributed by atoms with van der Waals surface area (Å²) in [4.78, 5) is 29.3. The number of hydrogen-bond acceptors (Lipinski definition) is 6. The lowest BCUT2D eigenvalue weighted by molar-refractivity contribution is -0.140. The number of likely N-dealkylation sites (tertiary alicyclic amines) is 1. The molecule has 0 spiro atoms. The summed E-state index contributed by atoms with van der Waals surface area (Å²) in [7, 11) is 3.78. The number of hydrogen-bond donors (Lipinski definition) is 2. The number of aliphatic hydroxyl groups is 1. The predicted molar refractivity (Wildman–Crippen MR) is 116 cm³/mol. The van der Waals surface area contributed by atoms with E-state index in [9.17, 15) is 19.8 Å². The number of ether oxygens (including phenoxy) is 1. The molecule has 2 heterocycles. The standard InChI is InChI=1S/C24H26N2O5/c1-14-12-17-13-16(6-9-19(17)31-14)22(28)20-21(15-4-7-18(27)8-5-15)26(11-10-25(2)3)24(30)23(20)29/h4-9,13-14,21,27-28H,10-12H2,1-3H3/b22-20+. The van der Waals surface area contributed by atoms with E-state index in [1.54, 1.807) is 24.3 Å². The molecular formula is C24H26N2O5. The van der Waals surface area contributed by atoms with Crippen molar-refractivity contribution in [1.29, 1.82) is 0 Å². The van der Waals surface area contributed by atoms with E-state index in [1.807, 2.05) is 32.0 Å². The van der Waals surface area contributed by atoms with Crippen molar-refractivity contribution < 1.29 is 24.5 Å². The van der Waals surface area contributed by atoms with Gasteiger partial charge in [0, 0.05) is 25.1 Å². The van der Waals surface area contributed by atoms with Crippen LogP contribution in [0.1, 0.15) is 29.7 Å². The van der Waals surface area contributed by atoms with Crippen LogP contribution in [0.3, 0.4) is 0 Å². The topological polar surface area (TPSA) is 90.3 Å². The number of aromatic hydroxyl groups is 1. The number of aliphatic hydroxyl groups excluding tert-OH is 1. The first kappa shape index (κ1) is 20.9. The molecule has 4 rings (SSSR count). The second kappa shape index (κ2) is 8.07. The second-order valence-electron chi connectivity index (χ2n) is 8.34. The van der Waals surface area contributed by atoms with Gasteiger partial charge < -0.3 is 24.7 Å². The number of rotatable bonds is 5. The number of ketones is 1. The maximum Gasteiger partial charge on any atom is 0.295 e. The molecule has 162 valence electrons. The Morgan fingerprint density at radius 1 is 1.16 bits per heavy atom. The number of Topliss-reactive ketones (excluding diaryl/α,β-unsaturated/α-hetero) is 1. The largest absolute Gasteiger partial charge is 0.508 e. The van der Waals surface area contributed by atoms with E-state index in [0.29, 0.717) is 24.2 Å². The number of amides is 1. The second-order valence-corrected chi connectivity index (χ2v) is 8.34. The Hall–Kier alpha value is -3.32. The highest BCUT2D eigenvalue weighted by molar-refractivity contribution is 6.46. The Labute approximate surface area is 181 Å². The molecule has 0 bridgehead atoms. The molecule has 0 aromatic heterocycles. The van der Waals surface area contributed by atoms with E-state index in [0.717, 1.165) is 17.7 Å². The van der Waals surface area contributed by atoms with Gasteiger partial charge in [-0.25, -0.2) is 0 Å². The molecule has 7 nitrogen and oxygen atoms in total. The van der Waals surface area contributed by atoms with Crippen LogP contribution >= 0.6 is 0 Å². The molecule has 0 radical (unpaired) electrons. The van der Waals surface area contributed by atoms with Crippen molar-refractivity contribution in [3.8, 4) is 11.5 Å². The molecule has 2 atom stereocenters. The van der Waals surface area contributed by atoms with Crippen molar-refractivity contribution >= 4 is 17.4 Å². The van der Waals surface area contributed by atoms with Gasteiger partial charge in [0.05, 0.1) is 11.6 Å². The molecule has 2 unspecified atom stereocenters. The number of carbonyl (C=O) groups excluding carboxylic acids is 2. The first-order valence-electron chi connectivity index (χ1n) is 10.3. The lowest BCUT2D eigenvalue weighted by Crippen LogP contribution is -2.35. The van der Waals surface area contributed by atoms with Gasteiger partial charge >= 0.3 is 0 Å². The molecule has 31 heavy (non-hydrogen) atoms. The van der Waals surface area contributed by atoms with E-state index < -0.39 is 17.7 Å². The summed E-state index contributed by atoms with van der Waals surface area (Å²) >= 11 is 0. The van der Waals surface area contributed by atoms with Crippen LogP contribution in [-0.4, -0.2) is 65.0 Å². The zero-order valence-electron chi connectivity index (χ0n) is 17.8. The van der Waals surface area contributed by atoms with Crippen LogP contribution < -0.4 is 4.74 Å². The Balaban J connectivity index is 1.81. The van der Waals surface area contributed by atoms with Gasteiger partial charge in [0.15, 0.2) is 0 Å². The third kappa shape index (κ3) is 3.88. The Bertz CT molecular complexity index is 1060. The van der Waals surface area contributed by atoms with Gasteiger partial charge in [-0.1, -0.05) is 12.1 Å². The molecule has 2 N–H and O–H groups in total. The molecule has 0 saturated carbocycles. The zero-order valence-corrected chi connectivity index (χ0v) is 17.8. The molecular weight excluding hydrogens is 396 g/mol. The third-order valence-corrected chi connectivity index (χ3v) is 5.71. The van der Waals surface area contributed by atoms with Crippen LogP contribution in [0.15, 0.2) is 48.0 Å². The van der Waals surface area contributed by atoms with Crippen LogP contribution in [0.4, 0.5) is 0 Å². The minimum Gasteiger partial charge on any atom is -0.508 e. The first-order chi connectivity index (χ1) is 14.8. The fourth-order valence-electron chi connectivity index (χ4n) is 4.15. The summed E-state index contributed by atoms with van der Waals surface area (Å²) in [5, 5.41) is 20.8. The smallest absolute Gasteiger partial charge is 0.295 e. The number of nitrogens with zero attached hydrogens (tertiary/aromatic N) is 2. The molecule has 2 aromatic carbocycles. The lowest BCUT2D eigenvalue weighted by Gasteiger charge is -2.26. The number of benzene rings is 2. The Kier molecular flexibility index (Phi) is 5.45. The highest BCUT2D eigenvalue weighted by Gasteiger charge is 2.46. The van der Waals surface area contributed by atoms with E-state index in [2.05, 4.69) is 0 Å².